The highest BCUT2D eigenvalue weighted by molar-refractivity contribution is 6.51. The number of hydrogen-bond acceptors (Lipinski definition) is 7. The van der Waals surface area contributed by atoms with Crippen LogP contribution >= 0.6 is 0 Å². The number of nitrogens with zero attached hydrogens (tertiary/aromatic N) is 1. The Labute approximate surface area is 110 Å². The highest BCUT2D eigenvalue weighted by Crippen LogP contribution is 2.33. The zero-order valence-electron chi connectivity index (χ0n) is 11.4. The van der Waals surface area contributed by atoms with Crippen LogP contribution in [-0.4, -0.2) is 50.5 Å². The number of methoxy groups -OCH3 is 3. The van der Waals surface area contributed by atoms with E-state index in [0.717, 1.165) is 14.2 Å². The van der Waals surface area contributed by atoms with Crippen molar-refractivity contribution < 1.29 is 28.6 Å². The van der Waals surface area contributed by atoms with Crippen LogP contribution in [0.3, 0.4) is 0 Å². The van der Waals surface area contributed by atoms with E-state index in [4.69, 9.17) is 0 Å². The predicted molar refractivity (Wildman–Crippen MR) is 64.6 cm³/mol. The van der Waals surface area contributed by atoms with Crippen LogP contribution in [-0.2, 0) is 28.6 Å². The lowest BCUT2D eigenvalue weighted by atomic mass is 9.92. The van der Waals surface area contributed by atoms with Gasteiger partial charge >= 0.3 is 17.9 Å². The molecule has 0 radical (unpaired) electrons. The maximum absolute atomic E-state index is 11.8. The van der Waals surface area contributed by atoms with Crippen LogP contribution in [0.4, 0.5) is 0 Å². The summed E-state index contributed by atoms with van der Waals surface area (Å²) < 4.78 is 13.8. The first-order valence-corrected chi connectivity index (χ1v) is 5.40. The zero-order chi connectivity index (χ0) is 14.8. The van der Waals surface area contributed by atoms with Gasteiger partial charge in [-0.2, -0.15) is 0 Å². The molecule has 1 rings (SSSR count). The fourth-order valence-electron chi connectivity index (χ4n) is 1.81. The van der Waals surface area contributed by atoms with Gasteiger partial charge in [-0.15, -0.1) is 0 Å². The van der Waals surface area contributed by atoms with E-state index in [9.17, 15) is 14.4 Å². The van der Waals surface area contributed by atoms with Gasteiger partial charge in [-0.05, 0) is 13.8 Å². The van der Waals surface area contributed by atoms with Crippen molar-refractivity contribution >= 4 is 23.6 Å². The third-order valence-electron chi connectivity index (χ3n) is 2.65. The average molecular weight is 269 g/mol. The highest BCUT2D eigenvalue weighted by Gasteiger charge is 2.45. The number of aliphatic imine (C=N–C) groups is 1. The molecule has 0 aromatic carbocycles. The lowest BCUT2D eigenvalue weighted by Gasteiger charge is -2.17. The molecule has 1 heterocycles. The third kappa shape index (κ3) is 2.49. The smallest absolute Gasteiger partial charge is 0.357 e. The van der Waals surface area contributed by atoms with Crippen LogP contribution in [0.1, 0.15) is 13.8 Å². The largest absolute Gasteiger partial charge is 0.466 e. The highest BCUT2D eigenvalue weighted by atomic mass is 16.5. The summed E-state index contributed by atoms with van der Waals surface area (Å²) in [7, 11) is 3.48. The van der Waals surface area contributed by atoms with Crippen LogP contribution in [0, 0.1) is 0 Å². The first-order chi connectivity index (χ1) is 8.80. The van der Waals surface area contributed by atoms with E-state index in [1.807, 2.05) is 0 Å². The van der Waals surface area contributed by atoms with Crippen molar-refractivity contribution in [2.45, 2.75) is 19.4 Å². The second-order valence-electron chi connectivity index (χ2n) is 4.24. The number of carbonyl (C=O) groups is 3. The Morgan fingerprint density at radius 3 is 1.79 bits per heavy atom. The summed E-state index contributed by atoms with van der Waals surface area (Å²) in [6.07, 6.45) is 0. The maximum Gasteiger partial charge on any atom is 0.357 e. The minimum atomic E-state index is -1.07. The van der Waals surface area contributed by atoms with E-state index in [-0.39, 0.29) is 16.9 Å². The van der Waals surface area contributed by atoms with Gasteiger partial charge in [0.05, 0.1) is 32.4 Å². The zero-order valence-corrected chi connectivity index (χ0v) is 11.4. The van der Waals surface area contributed by atoms with Crippen molar-refractivity contribution in [2.75, 3.05) is 21.3 Å². The molecule has 0 fully saturated rings. The number of esters is 3. The molecule has 7 nitrogen and oxygen atoms in total. The van der Waals surface area contributed by atoms with Crippen molar-refractivity contribution in [3.8, 4) is 0 Å². The molecule has 0 saturated carbocycles. The molecular weight excluding hydrogens is 254 g/mol. The summed E-state index contributed by atoms with van der Waals surface area (Å²) >= 11 is 0. The van der Waals surface area contributed by atoms with Gasteiger partial charge in [0.25, 0.3) is 0 Å². The molecule has 0 saturated heterocycles. The summed E-state index contributed by atoms with van der Waals surface area (Å²) in [4.78, 5) is 39.3. The van der Waals surface area contributed by atoms with E-state index < -0.39 is 23.4 Å². The fraction of sp³-hybridized carbons (Fsp3) is 0.500. The monoisotopic (exact) mass is 269 g/mol. The topological polar surface area (TPSA) is 91.3 Å². The van der Waals surface area contributed by atoms with Gasteiger partial charge in [-0.25, -0.2) is 14.4 Å². The molecule has 7 heteroatoms. The molecule has 1 aliphatic rings. The Kier molecular flexibility index (Phi) is 4.08. The van der Waals surface area contributed by atoms with Crippen LogP contribution in [0.15, 0.2) is 16.1 Å². The first kappa shape index (κ1) is 14.9. The number of carbonyl (C=O) groups excluding carboxylic acids is 3. The maximum atomic E-state index is 11.8. The van der Waals surface area contributed by atoms with Crippen molar-refractivity contribution in [1.29, 1.82) is 0 Å². The molecule has 0 bridgehead atoms. The van der Waals surface area contributed by atoms with Gasteiger partial charge in [0.1, 0.15) is 5.57 Å². The molecule has 0 aromatic heterocycles. The summed E-state index contributed by atoms with van der Waals surface area (Å²) in [5.74, 6) is -2.39. The van der Waals surface area contributed by atoms with Gasteiger partial charge in [0.15, 0.2) is 5.71 Å². The molecule has 0 spiro atoms. The van der Waals surface area contributed by atoms with E-state index in [1.165, 1.54) is 7.11 Å². The Hall–Kier alpha value is -2.18. The Morgan fingerprint density at radius 1 is 0.895 bits per heavy atom. The molecule has 0 unspecified atom stereocenters. The van der Waals surface area contributed by atoms with Crippen LogP contribution < -0.4 is 0 Å². The van der Waals surface area contributed by atoms with E-state index in [0.29, 0.717) is 0 Å². The van der Waals surface area contributed by atoms with Gasteiger partial charge < -0.3 is 14.2 Å². The lowest BCUT2D eigenvalue weighted by Crippen LogP contribution is -2.27. The van der Waals surface area contributed by atoms with Crippen molar-refractivity contribution in [2.24, 2.45) is 4.99 Å². The Bertz CT molecular complexity index is 500. The summed E-state index contributed by atoms with van der Waals surface area (Å²) in [5, 5.41) is 0. The minimum Gasteiger partial charge on any atom is -0.466 e. The molecule has 0 atom stereocenters. The SMILES string of the molecule is COC(=O)C1=NC(C)(C)C(C(=O)OC)=C1C(=O)OC. The van der Waals surface area contributed by atoms with Crippen molar-refractivity contribution in [3.63, 3.8) is 0 Å². The molecule has 1 aliphatic heterocycles. The van der Waals surface area contributed by atoms with Gasteiger partial charge in [0, 0.05) is 0 Å². The second-order valence-corrected chi connectivity index (χ2v) is 4.24. The molecule has 0 amide bonds. The van der Waals surface area contributed by atoms with Crippen molar-refractivity contribution in [1.82, 2.24) is 0 Å². The predicted octanol–water partition coefficient (Wildman–Crippen LogP) is 0.0352. The Balaban J connectivity index is 3.51. The van der Waals surface area contributed by atoms with Gasteiger partial charge in [0.2, 0.25) is 0 Å². The molecule has 104 valence electrons. The second kappa shape index (κ2) is 5.21. The first-order valence-electron chi connectivity index (χ1n) is 5.40. The number of rotatable bonds is 3. The summed E-state index contributed by atoms with van der Waals surface area (Å²) in [6, 6.07) is 0. The lowest BCUT2D eigenvalue weighted by molar-refractivity contribution is -0.139. The number of hydrogen-bond donors (Lipinski definition) is 0. The fourth-order valence-corrected chi connectivity index (χ4v) is 1.81. The summed E-state index contributed by atoms with van der Waals surface area (Å²) in [6.45, 7) is 3.16. The molecule has 0 aromatic rings. The molecule has 19 heavy (non-hydrogen) atoms. The van der Waals surface area contributed by atoms with Crippen molar-refractivity contribution in [3.05, 3.63) is 11.1 Å². The van der Waals surface area contributed by atoms with E-state index in [1.54, 1.807) is 13.8 Å². The van der Waals surface area contributed by atoms with Crippen LogP contribution in [0.25, 0.3) is 0 Å². The van der Waals surface area contributed by atoms with E-state index in [2.05, 4.69) is 19.2 Å². The standard InChI is InChI=1S/C12H15NO6/c1-12(2)7(10(15)18-4)6(9(14)17-3)8(13-12)11(16)19-5/h1-5H3. The number of ether oxygens (including phenoxy) is 3. The average Bonchev–Trinajstić information content (AvgIpc) is 2.67. The minimum absolute atomic E-state index is 0.0257. The Morgan fingerprint density at radius 2 is 1.37 bits per heavy atom. The van der Waals surface area contributed by atoms with Gasteiger partial charge in [-0.1, -0.05) is 0 Å². The van der Waals surface area contributed by atoms with Crippen LogP contribution in [0.5, 0.6) is 0 Å². The molecular formula is C12H15NO6. The van der Waals surface area contributed by atoms with Gasteiger partial charge in [-0.3, -0.25) is 4.99 Å². The quantitative estimate of drug-likeness (QED) is 0.530. The normalized spacial score (nSPS) is 16.8. The van der Waals surface area contributed by atoms with E-state index >= 15 is 0 Å². The third-order valence-corrected chi connectivity index (χ3v) is 2.65. The van der Waals surface area contributed by atoms with Crippen LogP contribution in [0.2, 0.25) is 0 Å². The molecule has 0 aliphatic carbocycles. The summed E-state index contributed by atoms with van der Waals surface area (Å²) in [5.41, 5.74) is -1.55. The molecule has 0 N–H and O–H groups in total.